The summed E-state index contributed by atoms with van der Waals surface area (Å²) in [7, 11) is 0. The lowest BCUT2D eigenvalue weighted by molar-refractivity contribution is -0.144. The third-order valence-electron chi connectivity index (χ3n) is 4.02. The summed E-state index contributed by atoms with van der Waals surface area (Å²) >= 11 is 0. The van der Waals surface area contributed by atoms with Crippen molar-refractivity contribution in [3.63, 3.8) is 0 Å². The number of carbonyl (C=O) groups is 1. The van der Waals surface area contributed by atoms with Gasteiger partial charge in [-0.05, 0) is 37.1 Å². The molecule has 26 heavy (non-hydrogen) atoms. The lowest BCUT2D eigenvalue weighted by Crippen LogP contribution is -2.16. The van der Waals surface area contributed by atoms with Crippen molar-refractivity contribution in [2.45, 2.75) is 26.3 Å². The second kappa shape index (κ2) is 8.38. The van der Waals surface area contributed by atoms with Crippen LogP contribution in [-0.2, 0) is 16.1 Å². The van der Waals surface area contributed by atoms with Crippen LogP contribution < -0.4 is 10.5 Å². The lowest BCUT2D eigenvalue weighted by atomic mass is 10.2. The van der Waals surface area contributed by atoms with Gasteiger partial charge in [0.1, 0.15) is 5.75 Å². The largest absolute Gasteiger partial charge is 0.493 e. The van der Waals surface area contributed by atoms with Crippen molar-refractivity contribution in [3.8, 4) is 5.75 Å². The highest BCUT2D eigenvalue weighted by Gasteiger charge is 2.09. The SMILES string of the molecule is Cc1ccccc1OCCC(=O)OCCCn1c(=O)oc2ccccc21. The average Bonchev–Trinajstić information content (AvgIpc) is 2.96. The molecule has 0 aliphatic heterocycles. The van der Waals surface area contributed by atoms with E-state index in [0.717, 1.165) is 16.8 Å². The Balaban J connectivity index is 1.39. The van der Waals surface area contributed by atoms with E-state index in [-0.39, 0.29) is 25.6 Å². The summed E-state index contributed by atoms with van der Waals surface area (Å²) in [5.74, 6) is 0.0543. The third kappa shape index (κ3) is 4.33. The zero-order valence-corrected chi connectivity index (χ0v) is 14.6. The fourth-order valence-electron chi connectivity index (χ4n) is 2.67. The molecule has 0 aliphatic carbocycles. The van der Waals surface area contributed by atoms with E-state index >= 15 is 0 Å². The minimum atomic E-state index is -0.399. The summed E-state index contributed by atoms with van der Waals surface area (Å²) in [5, 5.41) is 0. The number of ether oxygens (including phenoxy) is 2. The van der Waals surface area contributed by atoms with Gasteiger partial charge in [0.2, 0.25) is 0 Å². The number of oxazole rings is 1. The number of carbonyl (C=O) groups excluding carboxylic acids is 1. The molecule has 0 spiro atoms. The molecule has 1 heterocycles. The van der Waals surface area contributed by atoms with Crippen molar-refractivity contribution in [1.29, 1.82) is 0 Å². The number of rotatable bonds is 8. The van der Waals surface area contributed by atoms with Crippen LogP contribution in [0.1, 0.15) is 18.4 Å². The minimum Gasteiger partial charge on any atom is -0.493 e. The van der Waals surface area contributed by atoms with E-state index in [1.165, 1.54) is 0 Å². The Morgan fingerprint density at radius 1 is 1.08 bits per heavy atom. The number of benzene rings is 2. The zero-order chi connectivity index (χ0) is 18.4. The van der Waals surface area contributed by atoms with Crippen LogP contribution in [-0.4, -0.2) is 23.8 Å². The molecule has 0 atom stereocenters. The summed E-state index contributed by atoms with van der Waals surface area (Å²) < 4.78 is 17.5. The van der Waals surface area contributed by atoms with Crippen molar-refractivity contribution in [2.24, 2.45) is 0 Å². The van der Waals surface area contributed by atoms with Gasteiger partial charge in [0.05, 0.1) is 25.2 Å². The van der Waals surface area contributed by atoms with Gasteiger partial charge in [-0.25, -0.2) is 4.79 Å². The normalized spacial score (nSPS) is 10.8. The first-order valence-electron chi connectivity index (χ1n) is 8.57. The van der Waals surface area contributed by atoms with Gasteiger partial charge < -0.3 is 13.9 Å². The maximum atomic E-state index is 11.8. The van der Waals surface area contributed by atoms with Crippen molar-refractivity contribution < 1.29 is 18.7 Å². The molecule has 0 unspecified atom stereocenters. The molecular weight excluding hydrogens is 334 g/mol. The Bertz CT molecular complexity index is 941. The molecule has 0 radical (unpaired) electrons. The summed E-state index contributed by atoms with van der Waals surface area (Å²) in [4.78, 5) is 23.6. The maximum Gasteiger partial charge on any atom is 0.419 e. The van der Waals surface area contributed by atoms with E-state index in [2.05, 4.69) is 0 Å². The summed E-state index contributed by atoms with van der Waals surface area (Å²) in [6.07, 6.45) is 0.719. The molecule has 3 rings (SSSR count). The van der Waals surface area contributed by atoms with Gasteiger partial charge in [-0.15, -0.1) is 0 Å². The van der Waals surface area contributed by atoms with Crippen LogP contribution in [0.3, 0.4) is 0 Å². The highest BCUT2D eigenvalue weighted by molar-refractivity contribution is 5.72. The predicted octanol–water partition coefficient (Wildman–Crippen LogP) is 3.31. The first kappa shape index (κ1) is 17.8. The molecule has 0 saturated heterocycles. The van der Waals surface area contributed by atoms with Gasteiger partial charge in [0.15, 0.2) is 5.58 Å². The molecular formula is C20H21NO5. The number of hydrogen-bond donors (Lipinski definition) is 0. The topological polar surface area (TPSA) is 70.7 Å². The zero-order valence-electron chi connectivity index (χ0n) is 14.6. The second-order valence-corrected chi connectivity index (χ2v) is 5.93. The third-order valence-corrected chi connectivity index (χ3v) is 4.02. The average molecular weight is 355 g/mol. The van der Waals surface area contributed by atoms with Gasteiger partial charge >= 0.3 is 11.7 Å². The van der Waals surface area contributed by atoms with Crippen LogP contribution in [0.5, 0.6) is 5.75 Å². The fraction of sp³-hybridized carbons (Fsp3) is 0.300. The van der Waals surface area contributed by atoms with Crippen molar-refractivity contribution in [2.75, 3.05) is 13.2 Å². The highest BCUT2D eigenvalue weighted by atomic mass is 16.5. The van der Waals surface area contributed by atoms with E-state index < -0.39 is 5.76 Å². The Labute approximate surface area is 150 Å². The number of hydrogen-bond acceptors (Lipinski definition) is 5. The number of nitrogens with zero attached hydrogens (tertiary/aromatic N) is 1. The van der Waals surface area contributed by atoms with Crippen molar-refractivity contribution in [3.05, 3.63) is 64.6 Å². The highest BCUT2D eigenvalue weighted by Crippen LogP contribution is 2.16. The smallest absolute Gasteiger partial charge is 0.419 e. The van der Waals surface area contributed by atoms with E-state index in [4.69, 9.17) is 13.9 Å². The van der Waals surface area contributed by atoms with Crippen LogP contribution in [0.25, 0.3) is 11.1 Å². The number of para-hydroxylation sites is 3. The Morgan fingerprint density at radius 3 is 2.69 bits per heavy atom. The summed E-state index contributed by atoms with van der Waals surface area (Å²) in [5.41, 5.74) is 2.33. The van der Waals surface area contributed by atoms with Gasteiger partial charge in [-0.3, -0.25) is 9.36 Å². The fourth-order valence-corrected chi connectivity index (χ4v) is 2.67. The molecule has 2 aromatic carbocycles. The molecule has 0 saturated carbocycles. The Hall–Kier alpha value is -3.02. The van der Waals surface area contributed by atoms with Crippen molar-refractivity contribution in [1.82, 2.24) is 4.57 Å². The monoisotopic (exact) mass is 355 g/mol. The van der Waals surface area contributed by atoms with E-state index in [9.17, 15) is 9.59 Å². The van der Waals surface area contributed by atoms with Crippen LogP contribution in [0.15, 0.2) is 57.7 Å². The van der Waals surface area contributed by atoms with Crippen molar-refractivity contribution >= 4 is 17.1 Å². The van der Waals surface area contributed by atoms with Gasteiger partial charge in [-0.1, -0.05) is 30.3 Å². The van der Waals surface area contributed by atoms with E-state index in [1.54, 1.807) is 10.6 Å². The van der Waals surface area contributed by atoms with E-state index in [0.29, 0.717) is 18.5 Å². The quantitative estimate of drug-likeness (QED) is 0.458. The van der Waals surface area contributed by atoms with Gasteiger partial charge in [0, 0.05) is 6.54 Å². The molecule has 1 aromatic heterocycles. The molecule has 0 fully saturated rings. The lowest BCUT2D eigenvalue weighted by Gasteiger charge is -2.09. The Morgan fingerprint density at radius 2 is 1.85 bits per heavy atom. The molecule has 0 N–H and O–H groups in total. The van der Waals surface area contributed by atoms with Crippen LogP contribution in [0.4, 0.5) is 0 Å². The number of fused-ring (bicyclic) bond motifs is 1. The number of aryl methyl sites for hydroxylation is 2. The second-order valence-electron chi connectivity index (χ2n) is 5.93. The summed E-state index contributed by atoms with van der Waals surface area (Å²) in [6, 6.07) is 14.9. The molecule has 0 amide bonds. The number of esters is 1. The number of aromatic nitrogens is 1. The van der Waals surface area contributed by atoms with E-state index in [1.807, 2.05) is 49.4 Å². The standard InChI is InChI=1S/C20H21NO5/c1-15-7-2-4-9-17(15)24-14-11-19(22)25-13-6-12-21-16-8-3-5-10-18(16)26-20(21)23/h2-5,7-10H,6,11-14H2,1H3. The van der Waals surface area contributed by atoms with Gasteiger partial charge in [-0.2, -0.15) is 0 Å². The molecule has 0 aliphatic rings. The minimum absolute atomic E-state index is 0.183. The maximum absolute atomic E-state index is 11.8. The van der Waals surface area contributed by atoms with Crippen LogP contribution in [0, 0.1) is 6.92 Å². The molecule has 6 heteroatoms. The van der Waals surface area contributed by atoms with Gasteiger partial charge in [0.25, 0.3) is 0 Å². The predicted molar refractivity (Wildman–Crippen MR) is 97.3 cm³/mol. The Kier molecular flexibility index (Phi) is 5.73. The molecule has 0 bridgehead atoms. The van der Waals surface area contributed by atoms with Crippen LogP contribution >= 0.6 is 0 Å². The molecule has 3 aromatic rings. The molecule has 136 valence electrons. The summed E-state index contributed by atoms with van der Waals surface area (Å²) in [6.45, 7) is 2.91. The van der Waals surface area contributed by atoms with Crippen LogP contribution in [0.2, 0.25) is 0 Å². The first-order chi connectivity index (χ1) is 12.6. The molecule has 6 nitrogen and oxygen atoms in total. The first-order valence-corrected chi connectivity index (χ1v) is 8.57.